The molecule has 0 N–H and O–H groups in total. The van der Waals surface area contributed by atoms with E-state index in [1.165, 1.54) is 0 Å². The first-order valence-electron chi connectivity index (χ1n) is 6.15. The van der Waals surface area contributed by atoms with Crippen LogP contribution < -0.4 is 0 Å². The van der Waals surface area contributed by atoms with E-state index in [2.05, 4.69) is 39.9 Å². The topological polar surface area (TPSA) is 36.4 Å². The molecule has 0 bridgehead atoms. The predicted octanol–water partition coefficient (Wildman–Crippen LogP) is 2.01. The molecule has 1 aliphatic rings. The van der Waals surface area contributed by atoms with Gasteiger partial charge >= 0.3 is 0 Å². The molecule has 0 aromatic carbocycles. The highest BCUT2D eigenvalue weighted by molar-refractivity contribution is 9.10. The van der Waals surface area contributed by atoms with Crippen molar-refractivity contribution in [1.29, 1.82) is 0 Å². The molecule has 0 radical (unpaired) electrons. The molecule has 1 aromatic rings. The van der Waals surface area contributed by atoms with Gasteiger partial charge in [-0.2, -0.15) is 0 Å². The van der Waals surface area contributed by atoms with E-state index >= 15 is 0 Å². The van der Waals surface area contributed by atoms with Crippen molar-refractivity contribution in [3.05, 3.63) is 28.5 Å². The van der Waals surface area contributed by atoms with Crippen molar-refractivity contribution in [3.8, 4) is 0 Å². The van der Waals surface area contributed by atoms with Gasteiger partial charge in [0, 0.05) is 36.0 Å². The number of carbonyl (C=O) groups excluding carboxylic acids is 1. The van der Waals surface area contributed by atoms with Crippen LogP contribution in [0.1, 0.15) is 23.2 Å². The van der Waals surface area contributed by atoms with Crippen LogP contribution in [0.5, 0.6) is 0 Å². The van der Waals surface area contributed by atoms with Gasteiger partial charge in [-0.25, -0.2) is 0 Å². The molecule has 5 heteroatoms. The molecule has 1 fully saturated rings. The molecular formula is C13H18BrN3O. The van der Waals surface area contributed by atoms with Crippen LogP contribution in [0.15, 0.2) is 22.9 Å². The minimum Gasteiger partial charge on any atom is -0.337 e. The van der Waals surface area contributed by atoms with Gasteiger partial charge in [-0.1, -0.05) is 0 Å². The molecule has 0 aliphatic carbocycles. The number of rotatable bonds is 2. The molecule has 4 nitrogen and oxygen atoms in total. The Hall–Kier alpha value is -0.940. The van der Waals surface area contributed by atoms with E-state index in [1.54, 1.807) is 18.5 Å². The minimum absolute atomic E-state index is 0.0934. The first kappa shape index (κ1) is 13.5. The molecule has 1 saturated heterocycles. The number of hydrogen-bond donors (Lipinski definition) is 0. The van der Waals surface area contributed by atoms with E-state index in [1.807, 2.05) is 4.90 Å². The van der Waals surface area contributed by atoms with E-state index in [-0.39, 0.29) is 5.91 Å². The fourth-order valence-corrected chi connectivity index (χ4v) is 2.70. The molecule has 0 spiro atoms. The SMILES string of the molecule is CN(C)C1CCCN(C(=O)c2ccncc2Br)C1. The molecule has 1 amide bonds. The molecular weight excluding hydrogens is 294 g/mol. The lowest BCUT2D eigenvalue weighted by atomic mass is 10.0. The van der Waals surface area contributed by atoms with E-state index in [4.69, 9.17) is 0 Å². The Bertz CT molecular complexity index is 436. The minimum atomic E-state index is 0.0934. The summed E-state index contributed by atoms with van der Waals surface area (Å²) in [6, 6.07) is 2.23. The van der Waals surface area contributed by atoms with Gasteiger partial charge in [0.05, 0.1) is 5.56 Å². The summed E-state index contributed by atoms with van der Waals surface area (Å²) in [5.74, 6) is 0.0934. The van der Waals surface area contributed by atoms with Crippen LogP contribution in [0.2, 0.25) is 0 Å². The van der Waals surface area contributed by atoms with Gasteiger partial charge in [-0.05, 0) is 48.9 Å². The van der Waals surface area contributed by atoms with Gasteiger partial charge in [0.25, 0.3) is 5.91 Å². The Morgan fingerprint density at radius 2 is 2.33 bits per heavy atom. The zero-order valence-electron chi connectivity index (χ0n) is 10.8. The molecule has 1 aromatic heterocycles. The number of pyridine rings is 1. The molecule has 0 saturated carbocycles. The van der Waals surface area contributed by atoms with Gasteiger partial charge in [-0.3, -0.25) is 9.78 Å². The fourth-order valence-electron chi connectivity index (χ4n) is 2.28. The van der Waals surface area contributed by atoms with Gasteiger partial charge in [0.2, 0.25) is 0 Å². The summed E-state index contributed by atoms with van der Waals surface area (Å²) < 4.78 is 0.766. The first-order chi connectivity index (χ1) is 8.59. The summed E-state index contributed by atoms with van der Waals surface area (Å²) in [5, 5.41) is 0. The summed E-state index contributed by atoms with van der Waals surface area (Å²) >= 11 is 3.39. The third-order valence-electron chi connectivity index (χ3n) is 3.42. The monoisotopic (exact) mass is 311 g/mol. The maximum atomic E-state index is 12.4. The fraction of sp³-hybridized carbons (Fsp3) is 0.538. The van der Waals surface area contributed by atoms with Crippen LogP contribution in [0.25, 0.3) is 0 Å². The highest BCUT2D eigenvalue weighted by Gasteiger charge is 2.26. The normalized spacial score (nSPS) is 20.2. The van der Waals surface area contributed by atoms with E-state index in [0.717, 1.165) is 30.4 Å². The number of likely N-dealkylation sites (tertiary alicyclic amines) is 1. The third-order valence-corrected chi connectivity index (χ3v) is 4.05. The average molecular weight is 312 g/mol. The number of amides is 1. The summed E-state index contributed by atoms with van der Waals surface area (Å²) in [4.78, 5) is 20.6. The lowest BCUT2D eigenvalue weighted by molar-refractivity contribution is 0.0634. The Kier molecular flexibility index (Phi) is 4.35. The summed E-state index contributed by atoms with van der Waals surface area (Å²) in [6.07, 6.45) is 5.55. The number of carbonyl (C=O) groups is 1. The summed E-state index contributed by atoms with van der Waals surface area (Å²) in [6.45, 7) is 1.65. The number of hydrogen-bond acceptors (Lipinski definition) is 3. The van der Waals surface area contributed by atoms with E-state index < -0.39 is 0 Å². The lowest BCUT2D eigenvalue weighted by Crippen LogP contribution is -2.47. The van der Waals surface area contributed by atoms with Crippen LogP contribution >= 0.6 is 15.9 Å². The Morgan fingerprint density at radius 1 is 1.56 bits per heavy atom. The van der Waals surface area contributed by atoms with Crippen molar-refractivity contribution >= 4 is 21.8 Å². The van der Waals surface area contributed by atoms with Crippen molar-refractivity contribution < 1.29 is 4.79 Å². The molecule has 98 valence electrons. The maximum absolute atomic E-state index is 12.4. The van der Waals surface area contributed by atoms with Gasteiger partial charge in [-0.15, -0.1) is 0 Å². The van der Waals surface area contributed by atoms with Crippen molar-refractivity contribution in [1.82, 2.24) is 14.8 Å². The molecule has 2 rings (SSSR count). The Labute approximate surface area is 116 Å². The molecule has 1 unspecified atom stereocenters. The van der Waals surface area contributed by atoms with E-state index in [0.29, 0.717) is 11.6 Å². The molecule has 1 aliphatic heterocycles. The Balaban J connectivity index is 2.12. The second-order valence-corrected chi connectivity index (χ2v) is 5.72. The smallest absolute Gasteiger partial charge is 0.255 e. The maximum Gasteiger partial charge on any atom is 0.255 e. The number of nitrogens with zero attached hydrogens (tertiary/aromatic N) is 3. The van der Waals surface area contributed by atoms with Crippen LogP contribution in [0, 0.1) is 0 Å². The van der Waals surface area contributed by atoms with Crippen molar-refractivity contribution in [3.63, 3.8) is 0 Å². The molecule has 2 heterocycles. The van der Waals surface area contributed by atoms with Crippen LogP contribution in [-0.2, 0) is 0 Å². The van der Waals surface area contributed by atoms with Crippen LogP contribution in [0.4, 0.5) is 0 Å². The number of halogens is 1. The second-order valence-electron chi connectivity index (χ2n) is 4.87. The number of likely N-dealkylation sites (N-methyl/N-ethyl adjacent to an activating group) is 1. The highest BCUT2D eigenvalue weighted by atomic mass is 79.9. The summed E-state index contributed by atoms with van der Waals surface area (Å²) in [7, 11) is 4.14. The van der Waals surface area contributed by atoms with Gasteiger partial charge in [0.15, 0.2) is 0 Å². The quantitative estimate of drug-likeness (QED) is 0.838. The lowest BCUT2D eigenvalue weighted by Gasteiger charge is -2.36. The van der Waals surface area contributed by atoms with Crippen LogP contribution in [-0.4, -0.2) is 53.9 Å². The van der Waals surface area contributed by atoms with Crippen molar-refractivity contribution in [2.24, 2.45) is 0 Å². The first-order valence-corrected chi connectivity index (χ1v) is 6.94. The third kappa shape index (κ3) is 2.90. The molecule has 1 atom stereocenters. The zero-order chi connectivity index (χ0) is 13.1. The van der Waals surface area contributed by atoms with Crippen LogP contribution in [0.3, 0.4) is 0 Å². The van der Waals surface area contributed by atoms with Gasteiger partial charge < -0.3 is 9.80 Å². The largest absolute Gasteiger partial charge is 0.337 e. The predicted molar refractivity (Wildman–Crippen MR) is 74.5 cm³/mol. The van der Waals surface area contributed by atoms with Gasteiger partial charge in [0.1, 0.15) is 0 Å². The van der Waals surface area contributed by atoms with E-state index in [9.17, 15) is 4.79 Å². The summed E-state index contributed by atoms with van der Waals surface area (Å²) in [5.41, 5.74) is 0.699. The second kappa shape index (κ2) is 5.80. The number of aromatic nitrogens is 1. The average Bonchev–Trinajstić information content (AvgIpc) is 2.38. The van der Waals surface area contributed by atoms with Crippen molar-refractivity contribution in [2.45, 2.75) is 18.9 Å². The molecule has 18 heavy (non-hydrogen) atoms. The standard InChI is InChI=1S/C13H18BrN3O/c1-16(2)10-4-3-7-17(9-10)13(18)11-5-6-15-8-12(11)14/h5-6,8,10H,3-4,7,9H2,1-2H3. The highest BCUT2D eigenvalue weighted by Crippen LogP contribution is 2.20. The number of piperidine rings is 1. The van der Waals surface area contributed by atoms with Crippen molar-refractivity contribution in [2.75, 3.05) is 27.2 Å². The zero-order valence-corrected chi connectivity index (χ0v) is 12.4. The Morgan fingerprint density at radius 3 is 3.00 bits per heavy atom.